The summed E-state index contributed by atoms with van der Waals surface area (Å²) in [4.78, 5) is 29.9. The van der Waals surface area contributed by atoms with Crippen LogP contribution in [0.1, 0.15) is 30.7 Å². The quantitative estimate of drug-likeness (QED) is 0.111. The smallest absolute Gasteiger partial charge is 0.222 e. The number of aliphatic hydroxyl groups excluding tert-OH is 4. The Hall–Kier alpha value is -3.92. The van der Waals surface area contributed by atoms with Gasteiger partial charge in [-0.2, -0.15) is 0 Å². The number of phenolic OH excluding ortho intramolecular Hbond substituents is 1. The van der Waals surface area contributed by atoms with E-state index in [0.717, 1.165) is 16.2 Å². The highest BCUT2D eigenvalue weighted by atomic mass is 17.2. The molecule has 13 nitrogen and oxygen atoms in total. The second kappa shape index (κ2) is 12.6. The fourth-order valence-corrected chi connectivity index (χ4v) is 6.23. The number of aliphatic imine (C=N–C) groups is 1. The Labute approximate surface area is 269 Å². The zero-order chi connectivity index (χ0) is 33.7. The molecule has 0 aliphatic carbocycles. The van der Waals surface area contributed by atoms with Crippen molar-refractivity contribution in [1.82, 2.24) is 0 Å². The molecule has 0 fully saturated rings. The van der Waals surface area contributed by atoms with Gasteiger partial charge < -0.3 is 39.8 Å². The molecular weight excluding hydrogens is 612 g/mol. The maximum absolute atomic E-state index is 13.2. The Morgan fingerprint density at radius 1 is 1.17 bits per heavy atom. The van der Waals surface area contributed by atoms with Gasteiger partial charge in [0.2, 0.25) is 11.3 Å². The van der Waals surface area contributed by atoms with Gasteiger partial charge in [0.15, 0.2) is 11.2 Å². The number of allylic oxidation sites excluding steroid dienone is 1. The summed E-state index contributed by atoms with van der Waals surface area (Å²) < 4.78 is 12.7. The number of ether oxygens (including phenoxy) is 1. The molecular formula is C34H39N2O11+. The van der Waals surface area contributed by atoms with Crippen LogP contribution in [0.5, 0.6) is 11.5 Å². The Morgan fingerprint density at radius 2 is 1.91 bits per heavy atom. The average Bonchev–Trinajstić information content (AvgIpc) is 3.63. The Bertz CT molecular complexity index is 1810. The van der Waals surface area contributed by atoms with Crippen LogP contribution in [0.15, 0.2) is 74.7 Å². The molecule has 250 valence electrons. The Morgan fingerprint density at radius 3 is 2.62 bits per heavy atom. The number of aromatic hydroxyl groups is 1. The summed E-state index contributed by atoms with van der Waals surface area (Å²) in [6.07, 6.45) is -0.707. The lowest BCUT2D eigenvalue weighted by Crippen LogP contribution is -3.01. The van der Waals surface area contributed by atoms with Gasteiger partial charge in [-0.25, -0.2) is 9.78 Å². The number of hydrogen-bond acceptors (Lipinski definition) is 12. The van der Waals surface area contributed by atoms with Gasteiger partial charge >= 0.3 is 0 Å². The van der Waals surface area contributed by atoms with Crippen LogP contribution in [-0.2, 0) is 22.6 Å². The molecule has 4 heterocycles. The van der Waals surface area contributed by atoms with Crippen LogP contribution in [0.25, 0.3) is 11.0 Å². The number of benzene rings is 2. The summed E-state index contributed by atoms with van der Waals surface area (Å²) in [5, 5.41) is 62.3. The van der Waals surface area contributed by atoms with E-state index in [1.807, 2.05) is 26.1 Å². The van der Waals surface area contributed by atoms with E-state index in [-0.39, 0.29) is 24.0 Å². The molecule has 6 atom stereocenters. The van der Waals surface area contributed by atoms with Crippen LogP contribution < -0.4 is 15.1 Å². The van der Waals surface area contributed by atoms with E-state index in [9.17, 15) is 35.4 Å². The van der Waals surface area contributed by atoms with Crippen LogP contribution in [-0.4, -0.2) is 91.7 Å². The number of nitrogens with one attached hydrogen (secondary N) is 1. The van der Waals surface area contributed by atoms with Gasteiger partial charge in [0.05, 0.1) is 17.6 Å². The van der Waals surface area contributed by atoms with Crippen molar-refractivity contribution in [3.05, 3.63) is 87.6 Å². The van der Waals surface area contributed by atoms with Crippen LogP contribution >= 0.6 is 0 Å². The molecule has 1 unspecified atom stereocenters. The molecule has 0 spiro atoms. The van der Waals surface area contributed by atoms with Crippen molar-refractivity contribution in [2.24, 2.45) is 4.99 Å². The van der Waals surface area contributed by atoms with Gasteiger partial charge in [-0.1, -0.05) is 12.1 Å². The van der Waals surface area contributed by atoms with Crippen LogP contribution in [0.4, 0.5) is 5.69 Å². The number of aryl methyl sites for hydroxylation is 1. The highest BCUT2D eigenvalue weighted by Gasteiger charge is 2.46. The summed E-state index contributed by atoms with van der Waals surface area (Å²) in [5.74, 6) is 1.01. The average molecular weight is 652 g/mol. The van der Waals surface area contributed by atoms with E-state index < -0.39 is 48.8 Å². The summed E-state index contributed by atoms with van der Waals surface area (Å²) in [6, 6.07) is 9.00. The lowest BCUT2D eigenvalue weighted by atomic mass is 9.85. The third kappa shape index (κ3) is 6.36. The van der Waals surface area contributed by atoms with Gasteiger partial charge in [-0.05, 0) is 50.6 Å². The van der Waals surface area contributed by atoms with Crippen molar-refractivity contribution >= 4 is 22.4 Å². The third-order valence-corrected chi connectivity index (χ3v) is 8.94. The molecule has 3 aliphatic heterocycles. The van der Waals surface area contributed by atoms with Crippen LogP contribution in [0.3, 0.4) is 0 Å². The minimum atomic E-state index is -2.20. The molecule has 3 aliphatic rings. The van der Waals surface area contributed by atoms with Crippen molar-refractivity contribution in [3.63, 3.8) is 0 Å². The number of nitrogens with zero attached hydrogens (tertiary/aromatic N) is 1. The minimum Gasteiger partial charge on any atom is -0.508 e. The standard InChI is InChI=1S/C34H38N2O11/c1-18-10-25(39)23-11-21-12-27(33(2,3)46-30(21)28(31(23)45-18)36-14-20-8-9-35-24(20)15-36)47-44-17-34(43,32(42)29(41)26(40)16-37)13-19-4-6-22(38)7-5-19/h4-11,14,26-27,29,32,37-38,40-43H,12-13,15-17H2,1-3H3/p+1/t26-,27-,29-,32+,34+/m1/s1. The van der Waals surface area contributed by atoms with Crippen molar-refractivity contribution in [3.8, 4) is 11.5 Å². The largest absolute Gasteiger partial charge is 0.508 e. The number of phenols is 1. The molecule has 0 saturated heterocycles. The number of fused-ring (bicyclic) bond motifs is 3. The maximum Gasteiger partial charge on any atom is 0.222 e. The molecule has 0 saturated carbocycles. The minimum absolute atomic E-state index is 0.00626. The van der Waals surface area contributed by atoms with E-state index in [1.165, 1.54) is 30.3 Å². The van der Waals surface area contributed by atoms with E-state index in [0.29, 0.717) is 45.8 Å². The van der Waals surface area contributed by atoms with Crippen LogP contribution in [0, 0.1) is 6.92 Å². The topological polar surface area (TPSA) is 196 Å². The van der Waals surface area contributed by atoms with Crippen molar-refractivity contribution in [2.45, 2.75) is 69.2 Å². The summed E-state index contributed by atoms with van der Waals surface area (Å²) in [7, 11) is 0. The Kier molecular flexibility index (Phi) is 8.84. The third-order valence-electron chi connectivity index (χ3n) is 8.94. The van der Waals surface area contributed by atoms with E-state index in [4.69, 9.17) is 18.9 Å². The first-order valence-electron chi connectivity index (χ1n) is 15.3. The second-order valence-electron chi connectivity index (χ2n) is 12.9. The lowest BCUT2D eigenvalue weighted by Gasteiger charge is -2.40. The number of rotatable bonds is 11. The van der Waals surface area contributed by atoms with Crippen molar-refractivity contribution in [1.29, 1.82) is 0 Å². The fraction of sp³-hybridized carbons (Fsp3) is 0.412. The molecule has 13 heteroatoms. The van der Waals surface area contributed by atoms with Gasteiger partial charge in [0, 0.05) is 30.7 Å². The summed E-state index contributed by atoms with van der Waals surface area (Å²) >= 11 is 0. The monoisotopic (exact) mass is 651 g/mol. The number of hydrogen-bond donors (Lipinski definition) is 7. The molecule has 1 aromatic heterocycles. The first kappa shape index (κ1) is 33.0. The summed E-state index contributed by atoms with van der Waals surface area (Å²) in [6.45, 7) is 4.37. The van der Waals surface area contributed by atoms with Gasteiger partial charge in [0.25, 0.3) is 0 Å². The number of quaternary nitrogens is 1. The molecule has 3 aromatic rings. The second-order valence-corrected chi connectivity index (χ2v) is 12.9. The van der Waals surface area contributed by atoms with Gasteiger partial charge in [-0.3, -0.25) is 14.7 Å². The maximum atomic E-state index is 13.2. The predicted octanol–water partition coefficient (Wildman–Crippen LogP) is 0.268. The fourth-order valence-electron chi connectivity index (χ4n) is 6.23. The zero-order valence-electron chi connectivity index (χ0n) is 26.2. The molecule has 7 N–H and O–H groups in total. The first-order chi connectivity index (χ1) is 22.3. The number of aliphatic hydroxyl groups is 5. The molecule has 0 radical (unpaired) electrons. The van der Waals surface area contributed by atoms with Gasteiger partial charge in [-0.15, -0.1) is 0 Å². The highest BCUT2D eigenvalue weighted by molar-refractivity contribution is 6.07. The molecule has 0 amide bonds. The Balaban J connectivity index is 1.28. The summed E-state index contributed by atoms with van der Waals surface area (Å²) in [5.41, 5.74) is 0.760. The lowest BCUT2D eigenvalue weighted by molar-refractivity contribution is -0.759. The normalized spacial score (nSPS) is 22.9. The van der Waals surface area contributed by atoms with Gasteiger partial charge in [0.1, 0.15) is 72.2 Å². The van der Waals surface area contributed by atoms with E-state index in [1.54, 1.807) is 19.2 Å². The van der Waals surface area contributed by atoms with E-state index >= 15 is 0 Å². The predicted molar refractivity (Wildman–Crippen MR) is 168 cm³/mol. The van der Waals surface area contributed by atoms with Crippen molar-refractivity contribution < 1.29 is 54.5 Å². The first-order valence-corrected chi connectivity index (χ1v) is 15.3. The van der Waals surface area contributed by atoms with Crippen LogP contribution in [0.2, 0.25) is 0 Å². The molecule has 2 aromatic carbocycles. The van der Waals surface area contributed by atoms with Crippen molar-refractivity contribution in [2.75, 3.05) is 19.8 Å². The zero-order valence-corrected chi connectivity index (χ0v) is 26.2. The highest BCUT2D eigenvalue weighted by Crippen LogP contribution is 2.43. The molecule has 6 rings (SSSR count). The molecule has 47 heavy (non-hydrogen) atoms. The molecule has 0 bridgehead atoms. The van der Waals surface area contributed by atoms with E-state index in [2.05, 4.69) is 4.99 Å². The SMILES string of the molecule is Cc1cc(=O)c2cc3c(c([NH+]4C=C5C=CN=C5C4)c2o1)OC(C)(C)[C@H](OOC[C@@](O)(Cc1ccc(O)cc1)[C@@H](O)[C@H](O)[C@H](O)CO)C3.